The average molecular weight is 282 g/mol. The van der Waals surface area contributed by atoms with Crippen molar-refractivity contribution in [1.29, 1.82) is 0 Å². The van der Waals surface area contributed by atoms with Gasteiger partial charge in [0.2, 0.25) is 5.91 Å². The van der Waals surface area contributed by atoms with Gasteiger partial charge >= 0.3 is 0 Å². The highest BCUT2D eigenvalue weighted by atomic mass is 16.1. The number of amides is 1. The first kappa shape index (κ1) is 15.3. The van der Waals surface area contributed by atoms with Gasteiger partial charge in [-0.05, 0) is 23.1 Å². The van der Waals surface area contributed by atoms with E-state index in [0.29, 0.717) is 13.1 Å². The van der Waals surface area contributed by atoms with Crippen LogP contribution in [0.2, 0.25) is 0 Å². The van der Waals surface area contributed by atoms with Crippen molar-refractivity contribution in [1.82, 2.24) is 5.32 Å². The molecule has 2 rings (SSSR count). The minimum Gasteiger partial charge on any atom is -0.351 e. The summed E-state index contributed by atoms with van der Waals surface area (Å²) in [4.78, 5) is 12.3. The highest BCUT2D eigenvalue weighted by molar-refractivity contribution is 5.83. The Bertz CT molecular complexity index is 564. The lowest BCUT2D eigenvalue weighted by atomic mass is 9.95. The average Bonchev–Trinajstić information content (AvgIpc) is 2.55. The van der Waals surface area contributed by atoms with E-state index in [9.17, 15) is 4.79 Å². The fourth-order valence-corrected chi connectivity index (χ4v) is 2.36. The Hall–Kier alpha value is -2.13. The van der Waals surface area contributed by atoms with Crippen LogP contribution in [0.4, 0.5) is 0 Å². The van der Waals surface area contributed by atoms with Crippen molar-refractivity contribution in [3.05, 3.63) is 71.3 Å². The van der Waals surface area contributed by atoms with Gasteiger partial charge in [-0.25, -0.2) is 0 Å². The van der Waals surface area contributed by atoms with Gasteiger partial charge in [0.1, 0.15) is 0 Å². The van der Waals surface area contributed by atoms with E-state index in [2.05, 4.69) is 5.32 Å². The van der Waals surface area contributed by atoms with Crippen molar-refractivity contribution in [3.63, 3.8) is 0 Å². The first-order valence-electron chi connectivity index (χ1n) is 7.35. The van der Waals surface area contributed by atoms with Gasteiger partial charge < -0.3 is 11.1 Å². The SMILES string of the molecule is CCC(C(=O)NCc1ccc(CN)cc1)c1ccccc1. The normalized spacial score (nSPS) is 11.9. The largest absolute Gasteiger partial charge is 0.351 e. The summed E-state index contributed by atoms with van der Waals surface area (Å²) in [6, 6.07) is 17.9. The minimum atomic E-state index is -0.0884. The van der Waals surface area contributed by atoms with Gasteiger partial charge in [-0.1, -0.05) is 61.5 Å². The van der Waals surface area contributed by atoms with Gasteiger partial charge in [-0.15, -0.1) is 0 Å². The van der Waals surface area contributed by atoms with Crippen LogP contribution in [0.5, 0.6) is 0 Å². The third kappa shape index (κ3) is 4.17. The lowest BCUT2D eigenvalue weighted by Crippen LogP contribution is -2.28. The van der Waals surface area contributed by atoms with Crippen molar-refractivity contribution in [2.24, 2.45) is 5.73 Å². The Morgan fingerprint density at radius 2 is 1.67 bits per heavy atom. The van der Waals surface area contributed by atoms with Crippen molar-refractivity contribution < 1.29 is 4.79 Å². The Balaban J connectivity index is 1.96. The van der Waals surface area contributed by atoms with Crippen LogP contribution in [0, 0.1) is 0 Å². The van der Waals surface area contributed by atoms with E-state index in [1.807, 2.05) is 61.5 Å². The smallest absolute Gasteiger partial charge is 0.227 e. The third-order valence-corrected chi connectivity index (χ3v) is 3.65. The Morgan fingerprint density at radius 3 is 2.24 bits per heavy atom. The molecule has 0 spiro atoms. The maximum Gasteiger partial charge on any atom is 0.227 e. The second-order valence-corrected chi connectivity index (χ2v) is 5.11. The third-order valence-electron chi connectivity index (χ3n) is 3.65. The quantitative estimate of drug-likeness (QED) is 0.856. The van der Waals surface area contributed by atoms with Gasteiger partial charge in [0.05, 0.1) is 5.92 Å². The summed E-state index contributed by atoms with van der Waals surface area (Å²) in [5.41, 5.74) is 8.82. The molecule has 3 nitrogen and oxygen atoms in total. The summed E-state index contributed by atoms with van der Waals surface area (Å²) in [7, 11) is 0. The molecule has 0 aliphatic heterocycles. The van der Waals surface area contributed by atoms with Crippen molar-refractivity contribution in [2.45, 2.75) is 32.4 Å². The molecule has 1 amide bonds. The standard InChI is InChI=1S/C18H22N2O/c1-2-17(16-6-4-3-5-7-16)18(21)20-13-15-10-8-14(12-19)9-11-15/h3-11,17H,2,12-13,19H2,1H3,(H,20,21). The molecule has 0 aliphatic carbocycles. The topological polar surface area (TPSA) is 55.1 Å². The monoisotopic (exact) mass is 282 g/mol. The lowest BCUT2D eigenvalue weighted by Gasteiger charge is -2.15. The molecule has 110 valence electrons. The van der Waals surface area contributed by atoms with Crippen molar-refractivity contribution in [3.8, 4) is 0 Å². The highest BCUT2D eigenvalue weighted by Gasteiger charge is 2.17. The van der Waals surface area contributed by atoms with E-state index in [0.717, 1.165) is 23.1 Å². The molecule has 0 saturated heterocycles. The van der Waals surface area contributed by atoms with Gasteiger partial charge in [0, 0.05) is 13.1 Å². The maximum atomic E-state index is 12.3. The first-order chi connectivity index (χ1) is 10.2. The first-order valence-corrected chi connectivity index (χ1v) is 7.35. The predicted molar refractivity (Wildman–Crippen MR) is 85.7 cm³/mol. The molecule has 2 aromatic carbocycles. The fourth-order valence-electron chi connectivity index (χ4n) is 2.36. The minimum absolute atomic E-state index is 0.0756. The molecule has 3 N–H and O–H groups in total. The van der Waals surface area contributed by atoms with E-state index in [4.69, 9.17) is 5.73 Å². The van der Waals surface area contributed by atoms with Gasteiger partial charge in [-0.3, -0.25) is 4.79 Å². The zero-order valence-corrected chi connectivity index (χ0v) is 12.4. The Labute approximate surface area is 126 Å². The molecular formula is C18H22N2O. The summed E-state index contributed by atoms with van der Waals surface area (Å²) < 4.78 is 0. The molecule has 0 aliphatic rings. The van der Waals surface area contributed by atoms with Crippen LogP contribution in [0.25, 0.3) is 0 Å². The van der Waals surface area contributed by atoms with E-state index in [-0.39, 0.29) is 11.8 Å². The molecule has 3 heteroatoms. The highest BCUT2D eigenvalue weighted by Crippen LogP contribution is 2.19. The van der Waals surface area contributed by atoms with Crippen LogP contribution in [-0.2, 0) is 17.9 Å². The molecule has 0 aromatic heterocycles. The molecule has 0 saturated carbocycles. The summed E-state index contributed by atoms with van der Waals surface area (Å²) in [6.07, 6.45) is 0.794. The summed E-state index contributed by atoms with van der Waals surface area (Å²) >= 11 is 0. The summed E-state index contributed by atoms with van der Waals surface area (Å²) in [5, 5.41) is 3.02. The number of benzene rings is 2. The number of nitrogens with one attached hydrogen (secondary N) is 1. The molecule has 1 atom stereocenters. The molecular weight excluding hydrogens is 260 g/mol. The second-order valence-electron chi connectivity index (χ2n) is 5.11. The van der Waals surface area contributed by atoms with Crippen molar-refractivity contribution >= 4 is 5.91 Å². The number of hydrogen-bond acceptors (Lipinski definition) is 2. The molecule has 0 bridgehead atoms. The summed E-state index contributed by atoms with van der Waals surface area (Å²) in [5.74, 6) is -0.0129. The maximum absolute atomic E-state index is 12.3. The van der Waals surface area contributed by atoms with E-state index in [1.54, 1.807) is 0 Å². The van der Waals surface area contributed by atoms with Crippen LogP contribution >= 0.6 is 0 Å². The van der Waals surface area contributed by atoms with Gasteiger partial charge in [-0.2, -0.15) is 0 Å². The van der Waals surface area contributed by atoms with Crippen LogP contribution in [0.3, 0.4) is 0 Å². The zero-order valence-electron chi connectivity index (χ0n) is 12.4. The van der Waals surface area contributed by atoms with Crippen LogP contribution in [-0.4, -0.2) is 5.91 Å². The Kier molecular flexibility index (Phi) is 5.52. The lowest BCUT2D eigenvalue weighted by molar-refractivity contribution is -0.122. The molecule has 0 heterocycles. The fraction of sp³-hybridized carbons (Fsp3) is 0.278. The van der Waals surface area contributed by atoms with E-state index < -0.39 is 0 Å². The van der Waals surface area contributed by atoms with E-state index >= 15 is 0 Å². The van der Waals surface area contributed by atoms with E-state index in [1.165, 1.54) is 0 Å². The molecule has 2 aromatic rings. The van der Waals surface area contributed by atoms with Gasteiger partial charge in [0.25, 0.3) is 0 Å². The molecule has 0 radical (unpaired) electrons. The number of carbonyl (C=O) groups excluding carboxylic acids is 1. The van der Waals surface area contributed by atoms with Crippen LogP contribution in [0.15, 0.2) is 54.6 Å². The van der Waals surface area contributed by atoms with Crippen molar-refractivity contribution in [2.75, 3.05) is 0 Å². The molecule has 21 heavy (non-hydrogen) atoms. The number of nitrogens with two attached hydrogens (primary N) is 1. The summed E-state index contributed by atoms with van der Waals surface area (Å²) in [6.45, 7) is 3.12. The Morgan fingerprint density at radius 1 is 1.05 bits per heavy atom. The van der Waals surface area contributed by atoms with Gasteiger partial charge in [0.15, 0.2) is 0 Å². The predicted octanol–water partition coefficient (Wildman–Crippen LogP) is 2.96. The molecule has 1 unspecified atom stereocenters. The zero-order chi connectivity index (χ0) is 15.1. The number of hydrogen-bond donors (Lipinski definition) is 2. The second kappa shape index (κ2) is 7.60. The number of rotatable bonds is 6. The van der Waals surface area contributed by atoms with Crippen LogP contribution < -0.4 is 11.1 Å². The number of carbonyl (C=O) groups is 1. The molecule has 0 fully saturated rings. The van der Waals surface area contributed by atoms with Crippen LogP contribution in [0.1, 0.15) is 36.0 Å².